The number of halogens is 1. The molecular formula is C24H24BrN3O. The number of likely N-dealkylation sites (N-methyl/N-ethyl adjacent to an activating group) is 1. The molecule has 0 saturated heterocycles. The average molecular weight is 450 g/mol. The SMILES string of the molecule is CCN1c2c(Br)cccc2C(CC)(CC)C12C=Nc1ccc3ccncc3c1O2. The summed E-state index contributed by atoms with van der Waals surface area (Å²) < 4.78 is 8.15. The van der Waals surface area contributed by atoms with E-state index >= 15 is 0 Å². The monoisotopic (exact) mass is 449 g/mol. The summed E-state index contributed by atoms with van der Waals surface area (Å²) in [5, 5.41) is 2.12. The summed E-state index contributed by atoms with van der Waals surface area (Å²) in [6.07, 6.45) is 7.65. The number of benzene rings is 2. The Labute approximate surface area is 179 Å². The zero-order valence-corrected chi connectivity index (χ0v) is 18.5. The van der Waals surface area contributed by atoms with Gasteiger partial charge in [0.05, 0.1) is 17.3 Å². The van der Waals surface area contributed by atoms with Crippen molar-refractivity contribution in [3.05, 3.63) is 58.8 Å². The van der Waals surface area contributed by atoms with Crippen molar-refractivity contribution in [1.29, 1.82) is 0 Å². The van der Waals surface area contributed by atoms with Crippen molar-refractivity contribution in [2.75, 3.05) is 11.4 Å². The third kappa shape index (κ3) is 2.25. The fourth-order valence-corrected chi connectivity index (χ4v) is 5.92. The number of nitrogens with zero attached hydrogens (tertiary/aromatic N) is 3. The molecule has 3 aromatic rings. The predicted octanol–water partition coefficient (Wildman–Crippen LogP) is 6.39. The maximum atomic E-state index is 7.05. The summed E-state index contributed by atoms with van der Waals surface area (Å²) in [5.74, 6) is 0.826. The first-order valence-electron chi connectivity index (χ1n) is 10.3. The molecule has 1 spiro atoms. The highest BCUT2D eigenvalue weighted by atomic mass is 79.9. The quantitative estimate of drug-likeness (QED) is 0.464. The number of para-hydroxylation sites is 1. The van der Waals surface area contributed by atoms with Crippen LogP contribution < -0.4 is 9.64 Å². The lowest BCUT2D eigenvalue weighted by molar-refractivity contribution is 0.0557. The second-order valence-electron chi connectivity index (χ2n) is 7.74. The van der Waals surface area contributed by atoms with Crippen LogP contribution in [0.4, 0.5) is 11.4 Å². The molecule has 1 atom stereocenters. The number of rotatable bonds is 3. The van der Waals surface area contributed by atoms with Gasteiger partial charge in [0.25, 0.3) is 0 Å². The summed E-state index contributed by atoms with van der Waals surface area (Å²) >= 11 is 3.81. The van der Waals surface area contributed by atoms with Crippen LogP contribution in [-0.4, -0.2) is 23.5 Å². The van der Waals surface area contributed by atoms with E-state index in [9.17, 15) is 0 Å². The largest absolute Gasteiger partial charge is 0.459 e. The molecule has 0 bridgehead atoms. The van der Waals surface area contributed by atoms with Crippen molar-refractivity contribution < 1.29 is 4.74 Å². The van der Waals surface area contributed by atoms with Crippen LogP contribution in [0.25, 0.3) is 10.8 Å². The number of aromatic nitrogens is 1. The van der Waals surface area contributed by atoms with Crippen LogP contribution in [0.15, 0.2) is 58.3 Å². The van der Waals surface area contributed by atoms with Gasteiger partial charge in [-0.05, 0) is 64.8 Å². The molecule has 3 heterocycles. The van der Waals surface area contributed by atoms with Gasteiger partial charge in [0, 0.05) is 28.8 Å². The minimum Gasteiger partial charge on any atom is -0.459 e. The molecule has 148 valence electrons. The number of anilines is 1. The minimum absolute atomic E-state index is 0.201. The van der Waals surface area contributed by atoms with E-state index in [4.69, 9.17) is 9.73 Å². The zero-order valence-electron chi connectivity index (χ0n) is 16.9. The molecule has 29 heavy (non-hydrogen) atoms. The van der Waals surface area contributed by atoms with Crippen LogP contribution in [0.2, 0.25) is 0 Å². The third-order valence-corrected chi connectivity index (χ3v) is 7.41. The molecule has 5 rings (SSSR count). The van der Waals surface area contributed by atoms with E-state index in [2.05, 4.69) is 70.9 Å². The van der Waals surface area contributed by atoms with Crippen LogP contribution in [-0.2, 0) is 5.41 Å². The van der Waals surface area contributed by atoms with E-state index in [-0.39, 0.29) is 5.41 Å². The minimum atomic E-state index is -0.672. The normalized spacial score (nSPS) is 21.3. The van der Waals surface area contributed by atoms with Gasteiger partial charge in [-0.15, -0.1) is 0 Å². The first-order valence-corrected chi connectivity index (χ1v) is 11.1. The van der Waals surface area contributed by atoms with Gasteiger partial charge in [-0.1, -0.05) is 32.0 Å². The number of ether oxygens (including phenoxy) is 1. The summed E-state index contributed by atoms with van der Waals surface area (Å²) in [7, 11) is 0. The molecule has 0 N–H and O–H groups in total. The summed E-state index contributed by atoms with van der Waals surface area (Å²) in [4.78, 5) is 11.7. The Morgan fingerprint density at radius 3 is 2.66 bits per heavy atom. The van der Waals surface area contributed by atoms with Gasteiger partial charge in [0.1, 0.15) is 5.69 Å². The average Bonchev–Trinajstić information content (AvgIpc) is 2.99. The standard InChI is InChI=1S/C24H24BrN3O/c1-4-23(5-2)18-8-7-9-19(25)21(18)28(6-3)24(23)15-27-20-11-10-16-12-13-26-14-17(16)22(20)29-24/h7-15H,4-6H2,1-3H3. The number of aliphatic imine (C=N–C) groups is 1. The van der Waals surface area contributed by atoms with Crippen LogP contribution in [0, 0.1) is 0 Å². The second-order valence-corrected chi connectivity index (χ2v) is 8.59. The fraction of sp³-hybridized carbons (Fsp3) is 0.333. The molecule has 2 aromatic carbocycles. The van der Waals surface area contributed by atoms with E-state index in [0.717, 1.165) is 46.1 Å². The Kier molecular flexibility index (Phi) is 4.21. The Bertz CT molecular complexity index is 1140. The van der Waals surface area contributed by atoms with Crippen molar-refractivity contribution in [1.82, 2.24) is 4.98 Å². The molecule has 5 heteroatoms. The molecule has 0 radical (unpaired) electrons. The van der Waals surface area contributed by atoms with Crippen molar-refractivity contribution in [2.45, 2.75) is 44.8 Å². The second kappa shape index (κ2) is 6.56. The Morgan fingerprint density at radius 1 is 1.07 bits per heavy atom. The highest BCUT2D eigenvalue weighted by molar-refractivity contribution is 9.10. The lowest BCUT2D eigenvalue weighted by Gasteiger charge is -2.48. The van der Waals surface area contributed by atoms with E-state index in [1.807, 2.05) is 30.7 Å². The van der Waals surface area contributed by atoms with E-state index < -0.39 is 5.72 Å². The maximum Gasteiger partial charge on any atom is 0.229 e. The number of fused-ring (bicyclic) bond motifs is 4. The van der Waals surface area contributed by atoms with Gasteiger partial charge in [0.2, 0.25) is 5.72 Å². The van der Waals surface area contributed by atoms with Gasteiger partial charge < -0.3 is 9.64 Å². The fourth-order valence-electron chi connectivity index (χ4n) is 5.34. The third-order valence-electron chi connectivity index (χ3n) is 6.77. The zero-order chi connectivity index (χ0) is 20.2. The smallest absolute Gasteiger partial charge is 0.229 e. The molecule has 2 aliphatic rings. The van der Waals surface area contributed by atoms with Crippen molar-refractivity contribution in [3.63, 3.8) is 0 Å². The van der Waals surface area contributed by atoms with Gasteiger partial charge >= 0.3 is 0 Å². The maximum absolute atomic E-state index is 7.05. The van der Waals surface area contributed by atoms with Gasteiger partial charge in [-0.25, -0.2) is 0 Å². The van der Waals surface area contributed by atoms with E-state index in [1.54, 1.807) is 0 Å². The molecule has 0 saturated carbocycles. The van der Waals surface area contributed by atoms with Gasteiger partial charge in [-0.2, -0.15) is 0 Å². The predicted molar refractivity (Wildman–Crippen MR) is 123 cm³/mol. The molecule has 1 unspecified atom stereocenters. The Morgan fingerprint density at radius 2 is 1.90 bits per heavy atom. The van der Waals surface area contributed by atoms with Crippen molar-refractivity contribution >= 4 is 44.3 Å². The summed E-state index contributed by atoms with van der Waals surface area (Å²) in [6, 6.07) is 12.6. The topological polar surface area (TPSA) is 37.7 Å². The van der Waals surface area contributed by atoms with Gasteiger partial charge in [-0.3, -0.25) is 9.98 Å². The number of hydrogen-bond acceptors (Lipinski definition) is 4. The lowest BCUT2D eigenvalue weighted by Crippen LogP contribution is -2.64. The highest BCUT2D eigenvalue weighted by Gasteiger charge is 2.63. The molecular weight excluding hydrogens is 426 g/mol. The number of hydrogen-bond donors (Lipinski definition) is 0. The van der Waals surface area contributed by atoms with Crippen molar-refractivity contribution in [2.24, 2.45) is 4.99 Å². The number of pyridine rings is 1. The van der Waals surface area contributed by atoms with Gasteiger partial charge in [0.15, 0.2) is 5.75 Å². The highest BCUT2D eigenvalue weighted by Crippen LogP contribution is 2.59. The molecule has 2 aliphatic heterocycles. The van der Waals surface area contributed by atoms with E-state index in [1.165, 1.54) is 11.3 Å². The first-order chi connectivity index (χ1) is 14.1. The molecule has 0 amide bonds. The summed E-state index contributed by atoms with van der Waals surface area (Å²) in [6.45, 7) is 7.52. The first kappa shape index (κ1) is 18.6. The lowest BCUT2D eigenvalue weighted by atomic mass is 9.70. The molecule has 0 aliphatic carbocycles. The molecule has 1 aromatic heterocycles. The summed E-state index contributed by atoms with van der Waals surface area (Å²) in [5.41, 5.74) is 2.53. The van der Waals surface area contributed by atoms with E-state index in [0.29, 0.717) is 0 Å². The Balaban J connectivity index is 1.81. The van der Waals surface area contributed by atoms with Crippen LogP contribution in [0.1, 0.15) is 39.2 Å². The van der Waals surface area contributed by atoms with Crippen LogP contribution in [0.5, 0.6) is 5.75 Å². The Hall–Kier alpha value is -2.40. The molecule has 0 fully saturated rings. The molecule has 4 nitrogen and oxygen atoms in total. The van der Waals surface area contributed by atoms with Crippen LogP contribution >= 0.6 is 15.9 Å². The van der Waals surface area contributed by atoms with Crippen LogP contribution in [0.3, 0.4) is 0 Å². The van der Waals surface area contributed by atoms with Crippen molar-refractivity contribution in [3.8, 4) is 5.75 Å².